The van der Waals surface area contributed by atoms with Gasteiger partial charge in [0.15, 0.2) is 0 Å². The number of carbonyl (C=O) groups excluding carboxylic acids is 1. The molecule has 3 heteroatoms. The van der Waals surface area contributed by atoms with E-state index in [-0.39, 0.29) is 11.7 Å². The zero-order valence-electron chi connectivity index (χ0n) is 9.55. The molecule has 0 aliphatic heterocycles. The summed E-state index contributed by atoms with van der Waals surface area (Å²) >= 11 is 0. The van der Waals surface area contributed by atoms with E-state index in [0.717, 1.165) is 0 Å². The molecule has 0 heterocycles. The highest BCUT2D eigenvalue weighted by Crippen LogP contribution is 2.22. The summed E-state index contributed by atoms with van der Waals surface area (Å²) < 4.78 is 0. The van der Waals surface area contributed by atoms with Gasteiger partial charge in [0.05, 0.1) is 11.3 Å². The number of phenols is 1. The summed E-state index contributed by atoms with van der Waals surface area (Å²) in [7, 11) is 0. The average molecular weight is 237 g/mol. The first-order chi connectivity index (χ1) is 8.72. The summed E-state index contributed by atoms with van der Waals surface area (Å²) in [4.78, 5) is 12.0. The van der Waals surface area contributed by atoms with Crippen molar-refractivity contribution < 1.29 is 9.90 Å². The normalized spacial score (nSPS) is 9.50. The van der Waals surface area contributed by atoms with Gasteiger partial charge in [-0.2, -0.15) is 0 Å². The highest BCUT2D eigenvalue weighted by Gasteiger charge is 2.11. The Kier molecular flexibility index (Phi) is 3.31. The average Bonchev–Trinajstić information content (AvgIpc) is 2.41. The van der Waals surface area contributed by atoms with E-state index < -0.39 is 0 Å². The lowest BCUT2D eigenvalue weighted by atomic mass is 10.1. The molecule has 0 saturated carbocycles. The minimum absolute atomic E-state index is 0.0176. The van der Waals surface area contributed by atoms with Crippen molar-refractivity contribution >= 4 is 11.6 Å². The van der Waals surface area contributed by atoms with Crippen molar-refractivity contribution in [2.24, 2.45) is 0 Å². The van der Waals surface area contributed by atoms with Gasteiger partial charge < -0.3 is 10.4 Å². The van der Waals surface area contributed by atoms with Crippen LogP contribution in [0.2, 0.25) is 0 Å². The number of anilines is 1. The molecule has 0 atom stereocenters. The van der Waals surface area contributed by atoms with Crippen LogP contribution in [0.15, 0.2) is 48.5 Å². The van der Waals surface area contributed by atoms with Crippen LogP contribution in [0.1, 0.15) is 15.9 Å². The Balaban J connectivity index is 2.29. The fraction of sp³-hybridized carbons (Fsp3) is 0. The van der Waals surface area contributed by atoms with Crippen LogP contribution < -0.4 is 5.32 Å². The maximum Gasteiger partial charge on any atom is 0.257 e. The van der Waals surface area contributed by atoms with Gasteiger partial charge in [-0.1, -0.05) is 30.2 Å². The van der Waals surface area contributed by atoms with Crippen LogP contribution in [0.5, 0.6) is 5.75 Å². The summed E-state index contributed by atoms with van der Waals surface area (Å²) in [5.74, 6) is 2.13. The van der Waals surface area contributed by atoms with Crippen LogP contribution in [0, 0.1) is 12.3 Å². The predicted octanol–water partition coefficient (Wildman–Crippen LogP) is 2.63. The number of phenolic OH excluding ortho intramolecular Hbond substituents is 1. The number of hydrogen-bond donors (Lipinski definition) is 2. The van der Waals surface area contributed by atoms with Crippen LogP contribution in [-0.4, -0.2) is 11.0 Å². The summed E-state index contributed by atoms with van der Waals surface area (Å²) in [5.41, 5.74) is 1.28. The number of hydrogen-bond acceptors (Lipinski definition) is 2. The molecule has 0 spiro atoms. The summed E-state index contributed by atoms with van der Waals surface area (Å²) in [5, 5.41) is 12.2. The lowest BCUT2D eigenvalue weighted by molar-refractivity contribution is 0.102. The molecule has 2 aromatic rings. The Bertz CT molecular complexity index is 626. The van der Waals surface area contributed by atoms with E-state index >= 15 is 0 Å². The minimum Gasteiger partial charge on any atom is -0.506 e. The standard InChI is InChI=1S/C15H11NO2/c1-2-11-7-3-4-8-12(11)15(18)16-13-9-5-6-10-14(13)17/h1,3-10,17H,(H,16,18). The number of rotatable bonds is 2. The Morgan fingerprint density at radius 2 is 1.78 bits per heavy atom. The quantitative estimate of drug-likeness (QED) is 0.623. The molecule has 0 unspecified atom stereocenters. The molecule has 1 amide bonds. The van der Waals surface area contributed by atoms with E-state index in [4.69, 9.17) is 6.42 Å². The lowest BCUT2D eigenvalue weighted by Gasteiger charge is -2.08. The molecule has 2 aromatic carbocycles. The van der Waals surface area contributed by atoms with Crippen molar-refractivity contribution in [1.29, 1.82) is 0 Å². The van der Waals surface area contributed by atoms with Crippen molar-refractivity contribution in [1.82, 2.24) is 0 Å². The monoisotopic (exact) mass is 237 g/mol. The number of para-hydroxylation sites is 2. The largest absolute Gasteiger partial charge is 0.506 e. The van der Waals surface area contributed by atoms with Gasteiger partial charge in [0.2, 0.25) is 0 Å². The molecule has 0 saturated heterocycles. The Hall–Kier alpha value is -2.73. The van der Waals surface area contributed by atoms with Gasteiger partial charge >= 0.3 is 0 Å². The zero-order valence-corrected chi connectivity index (χ0v) is 9.55. The molecular weight excluding hydrogens is 226 g/mol. The SMILES string of the molecule is C#Cc1ccccc1C(=O)Nc1ccccc1O. The third-order valence-electron chi connectivity index (χ3n) is 2.48. The van der Waals surface area contributed by atoms with Crippen LogP contribution in [0.4, 0.5) is 5.69 Å². The second-order valence-corrected chi connectivity index (χ2v) is 3.66. The topological polar surface area (TPSA) is 49.3 Å². The number of amides is 1. The summed E-state index contributed by atoms with van der Waals surface area (Å²) in [6, 6.07) is 13.4. The molecule has 88 valence electrons. The molecule has 3 nitrogen and oxygen atoms in total. The van der Waals surface area contributed by atoms with Crippen LogP contribution in [-0.2, 0) is 0 Å². The maximum absolute atomic E-state index is 12.0. The van der Waals surface area contributed by atoms with Gasteiger partial charge in [0, 0.05) is 5.56 Å². The summed E-state index contributed by atoms with van der Waals surface area (Å²) in [6.45, 7) is 0. The molecule has 0 aliphatic carbocycles. The Morgan fingerprint density at radius 1 is 1.11 bits per heavy atom. The van der Waals surface area contributed by atoms with Gasteiger partial charge in [0.1, 0.15) is 5.75 Å². The first-order valence-corrected chi connectivity index (χ1v) is 5.37. The number of nitrogens with one attached hydrogen (secondary N) is 1. The predicted molar refractivity (Wildman–Crippen MR) is 70.4 cm³/mol. The maximum atomic E-state index is 12.0. The van der Waals surface area contributed by atoms with E-state index in [1.807, 2.05) is 0 Å². The molecule has 2 rings (SSSR count). The van der Waals surface area contributed by atoms with Crippen LogP contribution in [0.3, 0.4) is 0 Å². The van der Waals surface area contributed by atoms with E-state index in [1.54, 1.807) is 42.5 Å². The molecule has 18 heavy (non-hydrogen) atoms. The number of terminal acetylenes is 1. The number of benzene rings is 2. The third-order valence-corrected chi connectivity index (χ3v) is 2.48. The second-order valence-electron chi connectivity index (χ2n) is 3.66. The van der Waals surface area contributed by atoms with E-state index in [0.29, 0.717) is 16.8 Å². The molecule has 2 N–H and O–H groups in total. The van der Waals surface area contributed by atoms with E-state index in [2.05, 4.69) is 11.2 Å². The molecule has 0 fully saturated rings. The van der Waals surface area contributed by atoms with Crippen molar-refractivity contribution in [2.75, 3.05) is 5.32 Å². The third kappa shape index (κ3) is 2.33. The molecule has 0 radical (unpaired) electrons. The number of carbonyl (C=O) groups is 1. The van der Waals surface area contributed by atoms with E-state index in [9.17, 15) is 9.90 Å². The van der Waals surface area contributed by atoms with Crippen molar-refractivity contribution in [3.05, 3.63) is 59.7 Å². The van der Waals surface area contributed by atoms with Crippen LogP contribution in [0.25, 0.3) is 0 Å². The molecular formula is C15H11NO2. The highest BCUT2D eigenvalue weighted by molar-refractivity contribution is 6.06. The van der Waals surface area contributed by atoms with Gasteiger partial charge in [-0.15, -0.1) is 6.42 Å². The Labute approximate surface area is 105 Å². The van der Waals surface area contributed by atoms with Gasteiger partial charge in [-0.3, -0.25) is 4.79 Å². The van der Waals surface area contributed by atoms with Crippen molar-refractivity contribution in [3.63, 3.8) is 0 Å². The van der Waals surface area contributed by atoms with Gasteiger partial charge in [0.25, 0.3) is 5.91 Å². The van der Waals surface area contributed by atoms with Crippen molar-refractivity contribution in [2.45, 2.75) is 0 Å². The Morgan fingerprint density at radius 3 is 2.50 bits per heavy atom. The second kappa shape index (κ2) is 5.07. The molecule has 0 bridgehead atoms. The zero-order chi connectivity index (χ0) is 13.0. The highest BCUT2D eigenvalue weighted by atomic mass is 16.3. The first-order valence-electron chi connectivity index (χ1n) is 5.37. The molecule has 0 aliphatic rings. The first kappa shape index (κ1) is 11.7. The van der Waals surface area contributed by atoms with Crippen LogP contribution >= 0.6 is 0 Å². The fourth-order valence-electron chi connectivity index (χ4n) is 1.58. The number of aromatic hydroxyl groups is 1. The van der Waals surface area contributed by atoms with Gasteiger partial charge in [-0.25, -0.2) is 0 Å². The van der Waals surface area contributed by atoms with Crippen molar-refractivity contribution in [3.8, 4) is 18.1 Å². The fourth-order valence-corrected chi connectivity index (χ4v) is 1.58. The lowest BCUT2D eigenvalue weighted by Crippen LogP contribution is -2.13. The van der Waals surface area contributed by atoms with Gasteiger partial charge in [-0.05, 0) is 24.3 Å². The summed E-state index contributed by atoms with van der Waals surface area (Å²) in [6.07, 6.45) is 5.33. The molecule has 0 aromatic heterocycles. The minimum atomic E-state index is -0.343. The van der Waals surface area contributed by atoms with E-state index in [1.165, 1.54) is 6.07 Å². The smallest absolute Gasteiger partial charge is 0.257 e.